The van der Waals surface area contributed by atoms with Gasteiger partial charge in [-0.25, -0.2) is 9.67 Å². The van der Waals surface area contributed by atoms with Crippen LogP contribution in [0.15, 0.2) is 59.7 Å². The zero-order chi connectivity index (χ0) is 22.9. The molecule has 2 heterocycles. The van der Waals surface area contributed by atoms with Crippen LogP contribution in [0.1, 0.15) is 16.7 Å². The SMILES string of the molecule is Cc1ccc(Cn2nnc3c(=O)n(CC(=O)Nc4ccccc4C(F)(F)F)cnc32)cc1. The molecule has 0 atom stereocenters. The second kappa shape index (κ2) is 8.25. The summed E-state index contributed by atoms with van der Waals surface area (Å²) in [5.74, 6) is -0.808. The lowest BCUT2D eigenvalue weighted by atomic mass is 10.1. The van der Waals surface area contributed by atoms with E-state index in [1.165, 1.54) is 16.8 Å². The smallest absolute Gasteiger partial charge is 0.324 e. The van der Waals surface area contributed by atoms with Gasteiger partial charge in [-0.15, -0.1) is 5.10 Å². The maximum absolute atomic E-state index is 13.1. The zero-order valence-corrected chi connectivity index (χ0v) is 16.8. The quantitative estimate of drug-likeness (QED) is 0.513. The number of aryl methyl sites for hydroxylation is 1. The first-order valence-corrected chi connectivity index (χ1v) is 9.52. The average molecular weight is 442 g/mol. The highest BCUT2D eigenvalue weighted by Crippen LogP contribution is 2.34. The first-order valence-electron chi connectivity index (χ1n) is 9.52. The molecule has 0 aliphatic rings. The van der Waals surface area contributed by atoms with Crippen LogP contribution in [0, 0.1) is 6.92 Å². The largest absolute Gasteiger partial charge is 0.418 e. The molecule has 0 saturated carbocycles. The van der Waals surface area contributed by atoms with Crippen LogP contribution in [0.3, 0.4) is 0 Å². The normalized spacial score (nSPS) is 11.6. The third-order valence-electron chi connectivity index (χ3n) is 4.77. The van der Waals surface area contributed by atoms with Crippen molar-refractivity contribution in [3.05, 3.63) is 81.9 Å². The number of benzene rings is 2. The molecular formula is C21H17F3N6O2. The van der Waals surface area contributed by atoms with Gasteiger partial charge >= 0.3 is 6.18 Å². The Morgan fingerprint density at radius 3 is 2.53 bits per heavy atom. The van der Waals surface area contributed by atoms with E-state index in [1.54, 1.807) is 0 Å². The lowest BCUT2D eigenvalue weighted by Crippen LogP contribution is -2.28. The third-order valence-corrected chi connectivity index (χ3v) is 4.77. The van der Waals surface area contributed by atoms with Crippen molar-refractivity contribution in [2.75, 3.05) is 5.32 Å². The Labute approximate surface area is 179 Å². The van der Waals surface area contributed by atoms with E-state index in [1.807, 2.05) is 31.2 Å². The Balaban J connectivity index is 1.55. The number of fused-ring (bicyclic) bond motifs is 1. The minimum absolute atomic E-state index is 0.0388. The van der Waals surface area contributed by atoms with Gasteiger partial charge in [-0.1, -0.05) is 47.2 Å². The van der Waals surface area contributed by atoms with Crippen LogP contribution in [-0.2, 0) is 24.1 Å². The maximum Gasteiger partial charge on any atom is 0.418 e. The van der Waals surface area contributed by atoms with Crippen LogP contribution in [0.4, 0.5) is 18.9 Å². The van der Waals surface area contributed by atoms with Crippen LogP contribution >= 0.6 is 0 Å². The monoisotopic (exact) mass is 442 g/mol. The van der Waals surface area contributed by atoms with E-state index in [-0.39, 0.29) is 11.2 Å². The highest BCUT2D eigenvalue weighted by atomic mass is 19.4. The van der Waals surface area contributed by atoms with Crippen molar-refractivity contribution < 1.29 is 18.0 Å². The summed E-state index contributed by atoms with van der Waals surface area (Å²) in [4.78, 5) is 29.2. The van der Waals surface area contributed by atoms with Crippen molar-refractivity contribution in [2.24, 2.45) is 0 Å². The molecule has 0 bridgehead atoms. The number of hydrogen-bond donors (Lipinski definition) is 1. The number of carbonyl (C=O) groups is 1. The summed E-state index contributed by atoms with van der Waals surface area (Å²) < 4.78 is 41.8. The van der Waals surface area contributed by atoms with Crippen LogP contribution in [-0.4, -0.2) is 30.5 Å². The minimum atomic E-state index is -4.63. The number of carbonyl (C=O) groups excluding carboxylic acids is 1. The fraction of sp³-hybridized carbons (Fsp3) is 0.190. The topological polar surface area (TPSA) is 94.7 Å². The van der Waals surface area contributed by atoms with Gasteiger partial charge in [-0.3, -0.25) is 14.2 Å². The number of alkyl halides is 3. The van der Waals surface area contributed by atoms with E-state index < -0.39 is 35.4 Å². The molecule has 1 N–H and O–H groups in total. The summed E-state index contributed by atoms with van der Waals surface area (Å²) in [6.07, 6.45) is -3.48. The summed E-state index contributed by atoms with van der Waals surface area (Å²) >= 11 is 0. The van der Waals surface area contributed by atoms with Crippen molar-refractivity contribution >= 4 is 22.8 Å². The van der Waals surface area contributed by atoms with Crippen molar-refractivity contribution in [1.82, 2.24) is 24.5 Å². The summed E-state index contributed by atoms with van der Waals surface area (Å²) in [6, 6.07) is 12.3. The van der Waals surface area contributed by atoms with Gasteiger partial charge in [0, 0.05) is 0 Å². The van der Waals surface area contributed by atoms with Gasteiger partial charge in [0.2, 0.25) is 5.91 Å². The molecule has 11 heteroatoms. The van der Waals surface area contributed by atoms with E-state index in [0.717, 1.165) is 34.2 Å². The van der Waals surface area contributed by atoms with Crippen LogP contribution < -0.4 is 10.9 Å². The summed E-state index contributed by atoms with van der Waals surface area (Å²) in [5.41, 5.74) is 0.261. The molecule has 0 spiro atoms. The standard InChI is InChI=1S/C21H17F3N6O2/c1-13-6-8-14(9-7-13)10-30-19-18(27-28-30)20(32)29(12-25-19)11-17(31)26-16-5-3-2-4-15(16)21(22,23)24/h2-9,12H,10-11H2,1H3,(H,26,31). The predicted octanol–water partition coefficient (Wildman–Crippen LogP) is 3.00. The molecule has 0 aliphatic carbocycles. The van der Waals surface area contributed by atoms with Gasteiger partial charge in [-0.05, 0) is 24.6 Å². The Hall–Kier alpha value is -4.02. The molecule has 32 heavy (non-hydrogen) atoms. The number of nitrogens with one attached hydrogen (secondary N) is 1. The number of anilines is 1. The molecule has 1 amide bonds. The van der Waals surface area contributed by atoms with Crippen LogP contribution in [0.25, 0.3) is 11.2 Å². The highest BCUT2D eigenvalue weighted by molar-refractivity contribution is 5.91. The second-order valence-electron chi connectivity index (χ2n) is 7.17. The molecule has 2 aromatic heterocycles. The van der Waals surface area contributed by atoms with Crippen molar-refractivity contribution in [3.8, 4) is 0 Å². The lowest BCUT2D eigenvalue weighted by molar-refractivity contribution is -0.137. The maximum atomic E-state index is 13.1. The number of hydrogen-bond acceptors (Lipinski definition) is 5. The van der Waals surface area contributed by atoms with Crippen molar-refractivity contribution in [3.63, 3.8) is 0 Å². The fourth-order valence-electron chi connectivity index (χ4n) is 3.16. The van der Waals surface area contributed by atoms with Crippen molar-refractivity contribution in [1.29, 1.82) is 0 Å². The first-order chi connectivity index (χ1) is 15.2. The highest BCUT2D eigenvalue weighted by Gasteiger charge is 2.33. The van der Waals surface area contributed by atoms with Gasteiger partial charge in [0.25, 0.3) is 5.56 Å². The molecule has 4 rings (SSSR count). The molecule has 0 aliphatic heterocycles. The summed E-state index contributed by atoms with van der Waals surface area (Å²) in [7, 11) is 0. The summed E-state index contributed by atoms with van der Waals surface area (Å²) in [5, 5.41) is 10.0. The zero-order valence-electron chi connectivity index (χ0n) is 16.8. The molecule has 164 valence electrons. The van der Waals surface area contributed by atoms with Gasteiger partial charge in [0.05, 0.1) is 17.8 Å². The Bertz CT molecular complexity index is 1340. The number of amides is 1. The van der Waals surface area contributed by atoms with Gasteiger partial charge in [0.15, 0.2) is 11.2 Å². The second-order valence-corrected chi connectivity index (χ2v) is 7.17. The predicted molar refractivity (Wildman–Crippen MR) is 110 cm³/mol. The van der Waals surface area contributed by atoms with Crippen LogP contribution in [0.2, 0.25) is 0 Å². The van der Waals surface area contributed by atoms with E-state index in [4.69, 9.17) is 0 Å². The Morgan fingerprint density at radius 1 is 1.09 bits per heavy atom. The number of nitrogens with zero attached hydrogens (tertiary/aromatic N) is 5. The Kier molecular flexibility index (Phi) is 5.47. The first kappa shape index (κ1) is 21.2. The molecule has 0 saturated heterocycles. The number of para-hydroxylation sites is 1. The van der Waals surface area contributed by atoms with Gasteiger partial charge in [0.1, 0.15) is 12.9 Å². The van der Waals surface area contributed by atoms with Gasteiger partial charge in [-0.2, -0.15) is 13.2 Å². The fourth-order valence-corrected chi connectivity index (χ4v) is 3.16. The number of rotatable bonds is 5. The minimum Gasteiger partial charge on any atom is -0.324 e. The van der Waals surface area contributed by atoms with Gasteiger partial charge < -0.3 is 5.32 Å². The van der Waals surface area contributed by atoms with Crippen molar-refractivity contribution in [2.45, 2.75) is 26.2 Å². The molecule has 0 radical (unpaired) electrons. The van der Waals surface area contributed by atoms with E-state index in [9.17, 15) is 22.8 Å². The number of aromatic nitrogens is 5. The van der Waals surface area contributed by atoms with E-state index in [2.05, 4.69) is 20.6 Å². The third kappa shape index (κ3) is 4.36. The number of halogens is 3. The molecule has 0 fully saturated rings. The molecule has 2 aromatic carbocycles. The van der Waals surface area contributed by atoms with E-state index >= 15 is 0 Å². The van der Waals surface area contributed by atoms with Crippen LogP contribution in [0.5, 0.6) is 0 Å². The summed E-state index contributed by atoms with van der Waals surface area (Å²) in [6.45, 7) is 1.79. The molecular weight excluding hydrogens is 425 g/mol. The Morgan fingerprint density at radius 2 is 1.81 bits per heavy atom. The molecule has 0 unspecified atom stereocenters. The van der Waals surface area contributed by atoms with E-state index in [0.29, 0.717) is 6.54 Å². The average Bonchev–Trinajstić information content (AvgIpc) is 3.15. The molecule has 8 nitrogen and oxygen atoms in total. The lowest BCUT2D eigenvalue weighted by Gasteiger charge is -2.13. The molecule has 4 aromatic rings.